The van der Waals surface area contributed by atoms with Gasteiger partial charge in [0.2, 0.25) is 0 Å². The van der Waals surface area contributed by atoms with Gasteiger partial charge in [-0.25, -0.2) is 0 Å². The summed E-state index contributed by atoms with van der Waals surface area (Å²) in [4.78, 5) is 2.47. The second kappa shape index (κ2) is 6.26. The molecule has 1 unspecified atom stereocenters. The Balaban J connectivity index is 2.21. The molecule has 3 heteroatoms. The minimum atomic E-state index is 0.334. The maximum atomic E-state index is 5.71. The second-order valence-corrected chi connectivity index (χ2v) is 4.67. The molecule has 0 aromatic rings. The van der Waals surface area contributed by atoms with E-state index in [4.69, 9.17) is 4.74 Å². The molecule has 88 valence electrons. The average molecular weight is 212 g/mol. The molecular weight excluding hydrogens is 188 g/mol. The van der Waals surface area contributed by atoms with Crippen molar-refractivity contribution in [2.45, 2.75) is 32.9 Å². The Morgan fingerprint density at radius 2 is 2.33 bits per heavy atom. The van der Waals surface area contributed by atoms with Gasteiger partial charge in [-0.2, -0.15) is 0 Å². The number of hydrogen-bond acceptors (Lipinski definition) is 3. The number of nitrogens with one attached hydrogen (secondary N) is 1. The van der Waals surface area contributed by atoms with Gasteiger partial charge in [-0.05, 0) is 20.8 Å². The van der Waals surface area contributed by atoms with Crippen LogP contribution in [0.3, 0.4) is 0 Å². The molecule has 1 aliphatic rings. The van der Waals surface area contributed by atoms with Crippen LogP contribution in [0.25, 0.3) is 0 Å². The predicted octanol–water partition coefficient (Wildman–Crippen LogP) is 1.26. The van der Waals surface area contributed by atoms with Gasteiger partial charge in [0.25, 0.3) is 0 Å². The van der Waals surface area contributed by atoms with E-state index >= 15 is 0 Å². The maximum Gasteiger partial charge on any atom is 0.0826 e. The average Bonchev–Trinajstić information content (AvgIpc) is 2.17. The smallest absolute Gasteiger partial charge is 0.0826 e. The van der Waals surface area contributed by atoms with Crippen LogP contribution in [-0.2, 0) is 4.74 Å². The highest BCUT2D eigenvalue weighted by Crippen LogP contribution is 2.07. The van der Waals surface area contributed by atoms with Crippen LogP contribution in [0.4, 0.5) is 0 Å². The normalized spacial score (nSPS) is 23.3. The van der Waals surface area contributed by atoms with Crippen LogP contribution in [-0.4, -0.2) is 49.8 Å². The Morgan fingerprint density at radius 1 is 1.60 bits per heavy atom. The molecule has 0 radical (unpaired) electrons. The van der Waals surface area contributed by atoms with E-state index in [0.717, 1.165) is 32.8 Å². The first-order valence-electron chi connectivity index (χ1n) is 5.80. The van der Waals surface area contributed by atoms with Gasteiger partial charge < -0.3 is 10.1 Å². The first-order chi connectivity index (χ1) is 7.09. The number of rotatable bonds is 5. The summed E-state index contributed by atoms with van der Waals surface area (Å²) in [6.45, 7) is 15.2. The monoisotopic (exact) mass is 212 g/mol. The van der Waals surface area contributed by atoms with Crippen molar-refractivity contribution >= 4 is 0 Å². The summed E-state index contributed by atoms with van der Waals surface area (Å²) in [5.41, 5.74) is 1.17. The van der Waals surface area contributed by atoms with Crippen LogP contribution < -0.4 is 5.32 Å². The molecule has 1 fully saturated rings. The summed E-state index contributed by atoms with van der Waals surface area (Å²) in [6, 6.07) is 0.623. The van der Waals surface area contributed by atoms with E-state index in [9.17, 15) is 0 Å². The van der Waals surface area contributed by atoms with Crippen LogP contribution in [0.1, 0.15) is 20.8 Å². The Bertz CT molecular complexity index is 204. The molecule has 1 atom stereocenters. The number of nitrogens with zero attached hydrogens (tertiary/aromatic N) is 1. The highest BCUT2D eigenvalue weighted by Gasteiger charge is 2.21. The molecule has 0 saturated carbocycles. The zero-order valence-corrected chi connectivity index (χ0v) is 10.3. The van der Waals surface area contributed by atoms with Crippen LogP contribution in [0, 0.1) is 0 Å². The molecular formula is C12H24N2O. The molecule has 1 N–H and O–H groups in total. The van der Waals surface area contributed by atoms with Crippen LogP contribution in [0.5, 0.6) is 0 Å². The van der Waals surface area contributed by atoms with E-state index in [1.807, 2.05) is 6.92 Å². The van der Waals surface area contributed by atoms with Gasteiger partial charge in [0, 0.05) is 32.2 Å². The summed E-state index contributed by atoms with van der Waals surface area (Å²) in [7, 11) is 0. The third-order valence-electron chi connectivity index (χ3n) is 2.70. The first kappa shape index (κ1) is 12.7. The number of ether oxygens (including phenoxy) is 1. The Hall–Kier alpha value is -0.380. The Labute approximate surface area is 93.5 Å². The molecule has 0 aromatic carbocycles. The molecule has 1 saturated heterocycles. The molecule has 1 aliphatic heterocycles. The fourth-order valence-electron chi connectivity index (χ4n) is 1.78. The lowest BCUT2D eigenvalue weighted by Crippen LogP contribution is -2.49. The van der Waals surface area contributed by atoms with Crippen molar-refractivity contribution in [3.63, 3.8) is 0 Å². The van der Waals surface area contributed by atoms with E-state index in [2.05, 4.69) is 30.6 Å². The van der Waals surface area contributed by atoms with Crippen molar-refractivity contribution in [3.05, 3.63) is 12.2 Å². The van der Waals surface area contributed by atoms with Crippen molar-refractivity contribution in [1.29, 1.82) is 0 Å². The highest BCUT2D eigenvalue weighted by atomic mass is 16.5. The SMILES string of the molecule is C=C(C)CNCC1CN(C(C)C)CCO1. The largest absolute Gasteiger partial charge is 0.374 e. The lowest BCUT2D eigenvalue weighted by Gasteiger charge is -2.35. The molecule has 1 rings (SSSR count). The van der Waals surface area contributed by atoms with Crippen LogP contribution >= 0.6 is 0 Å². The fourth-order valence-corrected chi connectivity index (χ4v) is 1.78. The topological polar surface area (TPSA) is 24.5 Å². The molecule has 0 aliphatic carbocycles. The molecule has 15 heavy (non-hydrogen) atoms. The summed E-state index contributed by atoms with van der Waals surface area (Å²) in [5, 5.41) is 3.36. The van der Waals surface area contributed by atoms with Crippen molar-refractivity contribution in [3.8, 4) is 0 Å². The van der Waals surface area contributed by atoms with Gasteiger partial charge in [0.15, 0.2) is 0 Å². The minimum Gasteiger partial charge on any atom is -0.374 e. The highest BCUT2D eigenvalue weighted by molar-refractivity contribution is 4.91. The summed E-state index contributed by atoms with van der Waals surface area (Å²) in [5.74, 6) is 0. The predicted molar refractivity (Wildman–Crippen MR) is 64.1 cm³/mol. The summed E-state index contributed by atoms with van der Waals surface area (Å²) < 4.78 is 5.71. The lowest BCUT2D eigenvalue weighted by molar-refractivity contribution is -0.0368. The zero-order chi connectivity index (χ0) is 11.3. The molecule has 3 nitrogen and oxygen atoms in total. The number of morpholine rings is 1. The Kier molecular flexibility index (Phi) is 5.29. The summed E-state index contributed by atoms with van der Waals surface area (Å²) in [6.07, 6.45) is 0.334. The van der Waals surface area contributed by atoms with E-state index in [1.54, 1.807) is 0 Å². The fraction of sp³-hybridized carbons (Fsp3) is 0.833. The quantitative estimate of drug-likeness (QED) is 0.694. The first-order valence-corrected chi connectivity index (χ1v) is 5.80. The van der Waals surface area contributed by atoms with E-state index < -0.39 is 0 Å². The molecule has 0 amide bonds. The van der Waals surface area contributed by atoms with Crippen molar-refractivity contribution in [2.75, 3.05) is 32.8 Å². The minimum absolute atomic E-state index is 0.334. The van der Waals surface area contributed by atoms with Crippen LogP contribution in [0.15, 0.2) is 12.2 Å². The number of hydrogen-bond donors (Lipinski definition) is 1. The molecule has 1 heterocycles. The van der Waals surface area contributed by atoms with Crippen molar-refractivity contribution < 1.29 is 4.74 Å². The lowest BCUT2D eigenvalue weighted by atomic mass is 10.2. The van der Waals surface area contributed by atoms with Gasteiger partial charge >= 0.3 is 0 Å². The van der Waals surface area contributed by atoms with E-state index in [1.165, 1.54) is 5.57 Å². The van der Waals surface area contributed by atoms with Gasteiger partial charge in [-0.3, -0.25) is 4.90 Å². The maximum absolute atomic E-state index is 5.71. The van der Waals surface area contributed by atoms with Gasteiger partial charge in [-0.15, -0.1) is 0 Å². The zero-order valence-electron chi connectivity index (χ0n) is 10.3. The van der Waals surface area contributed by atoms with Gasteiger partial charge in [-0.1, -0.05) is 12.2 Å². The van der Waals surface area contributed by atoms with Gasteiger partial charge in [0.05, 0.1) is 12.7 Å². The van der Waals surface area contributed by atoms with E-state index in [0.29, 0.717) is 12.1 Å². The summed E-state index contributed by atoms with van der Waals surface area (Å²) >= 11 is 0. The molecule has 0 spiro atoms. The third kappa shape index (κ3) is 4.78. The second-order valence-electron chi connectivity index (χ2n) is 4.67. The standard InChI is InChI=1S/C12H24N2O/c1-10(2)7-13-8-12-9-14(11(3)4)5-6-15-12/h11-13H,1,5-9H2,2-4H3. The van der Waals surface area contributed by atoms with Crippen molar-refractivity contribution in [2.24, 2.45) is 0 Å². The third-order valence-corrected chi connectivity index (χ3v) is 2.70. The van der Waals surface area contributed by atoms with Crippen LogP contribution in [0.2, 0.25) is 0 Å². The van der Waals surface area contributed by atoms with Crippen molar-refractivity contribution in [1.82, 2.24) is 10.2 Å². The van der Waals surface area contributed by atoms with E-state index in [-0.39, 0.29) is 0 Å². The molecule has 0 bridgehead atoms. The molecule has 0 aromatic heterocycles. The Morgan fingerprint density at radius 3 is 2.93 bits per heavy atom. The van der Waals surface area contributed by atoms with Gasteiger partial charge in [0.1, 0.15) is 0 Å².